The predicted molar refractivity (Wildman–Crippen MR) is 173 cm³/mol. The number of benzene rings is 6. The van der Waals surface area contributed by atoms with Gasteiger partial charge in [-0.05, 0) is 18.2 Å². The lowest BCUT2D eigenvalue weighted by Crippen LogP contribution is -2.74. The van der Waals surface area contributed by atoms with Gasteiger partial charge in [0.2, 0.25) is 11.0 Å². The Labute approximate surface area is 236 Å². The van der Waals surface area contributed by atoms with Crippen molar-refractivity contribution in [2.24, 2.45) is 7.05 Å². The Kier molecular flexibility index (Phi) is 7.24. The number of para-hydroxylation sites is 2. The Morgan fingerprint density at radius 2 is 0.625 bits per heavy atom. The number of hydrogen-bond acceptors (Lipinski definition) is 0. The van der Waals surface area contributed by atoms with Gasteiger partial charge in [0.1, 0.15) is 13.2 Å². The molecular formula is C38H32BN. The van der Waals surface area contributed by atoms with Gasteiger partial charge in [0.15, 0.2) is 0 Å². The molecule has 0 unspecified atom stereocenters. The SMILES string of the molecule is C[n+]1c2ccccc2cc2ccccc21.c1ccc([B-](c2ccccc2)(c2ccccc2)c2ccccc2)cc1. The molecule has 0 aliphatic heterocycles. The summed E-state index contributed by atoms with van der Waals surface area (Å²) in [4.78, 5) is 0. The van der Waals surface area contributed by atoms with Crippen LogP contribution in [0.1, 0.15) is 0 Å². The molecule has 0 aliphatic carbocycles. The van der Waals surface area contributed by atoms with Gasteiger partial charge in [-0.1, -0.05) is 146 Å². The first-order valence-electron chi connectivity index (χ1n) is 13.9. The molecule has 0 atom stereocenters. The number of aryl methyl sites for hydroxylation is 1. The Balaban J connectivity index is 0.000000164. The Bertz CT molecular complexity index is 1620. The van der Waals surface area contributed by atoms with E-state index in [1.807, 2.05) is 0 Å². The zero-order chi connectivity index (χ0) is 27.2. The number of pyridine rings is 1. The topological polar surface area (TPSA) is 3.88 Å². The first kappa shape index (κ1) is 25.3. The second-order valence-corrected chi connectivity index (χ2v) is 10.3. The molecule has 0 amide bonds. The van der Waals surface area contributed by atoms with E-state index >= 15 is 0 Å². The van der Waals surface area contributed by atoms with Gasteiger partial charge in [0.25, 0.3) is 0 Å². The standard InChI is InChI=1S/C24H20B.C14H12N/c1-5-13-21(14-6-1)25(22-15-7-2-8-16-22,23-17-9-3-10-18-23)24-19-11-4-12-20-24;1-15-13-8-4-2-6-11(13)10-12-7-3-5-9-14(12)15/h1-20H;2-10H,1H3/q-1;+1. The molecule has 7 rings (SSSR count). The minimum atomic E-state index is -1.22. The van der Waals surface area contributed by atoms with Gasteiger partial charge in [0, 0.05) is 22.9 Å². The van der Waals surface area contributed by atoms with E-state index in [9.17, 15) is 0 Å². The third-order valence-corrected chi connectivity index (χ3v) is 8.11. The first-order valence-corrected chi connectivity index (χ1v) is 13.9. The van der Waals surface area contributed by atoms with Crippen LogP contribution in [0.3, 0.4) is 0 Å². The van der Waals surface area contributed by atoms with Gasteiger partial charge in [-0.3, -0.25) is 0 Å². The number of hydrogen-bond donors (Lipinski definition) is 0. The van der Waals surface area contributed by atoms with Crippen molar-refractivity contribution in [3.63, 3.8) is 0 Å². The van der Waals surface area contributed by atoms with Crippen LogP contribution in [-0.2, 0) is 7.05 Å². The molecule has 0 spiro atoms. The number of fused-ring (bicyclic) bond motifs is 2. The lowest BCUT2D eigenvalue weighted by atomic mass is 9.13. The molecule has 0 N–H and O–H groups in total. The summed E-state index contributed by atoms with van der Waals surface area (Å²) in [6, 6.07) is 62.7. The highest BCUT2D eigenvalue weighted by Gasteiger charge is 2.31. The molecule has 0 aliphatic rings. The fourth-order valence-electron chi connectivity index (χ4n) is 6.25. The molecule has 0 bridgehead atoms. The highest BCUT2D eigenvalue weighted by Crippen LogP contribution is 2.17. The van der Waals surface area contributed by atoms with Crippen molar-refractivity contribution in [2.75, 3.05) is 0 Å². The molecule has 0 radical (unpaired) electrons. The first-order chi connectivity index (χ1) is 19.8. The highest BCUT2D eigenvalue weighted by molar-refractivity contribution is 7.19. The van der Waals surface area contributed by atoms with Crippen molar-refractivity contribution in [1.29, 1.82) is 0 Å². The summed E-state index contributed by atoms with van der Waals surface area (Å²) in [7, 11) is 2.12. The van der Waals surface area contributed by atoms with E-state index in [0.29, 0.717) is 0 Å². The molecule has 6 aromatic carbocycles. The third-order valence-electron chi connectivity index (χ3n) is 8.11. The van der Waals surface area contributed by atoms with E-state index in [4.69, 9.17) is 0 Å². The summed E-state index contributed by atoms with van der Waals surface area (Å²) in [5, 5.41) is 2.58. The van der Waals surface area contributed by atoms with E-state index in [1.54, 1.807) is 0 Å². The van der Waals surface area contributed by atoms with Gasteiger partial charge >= 0.3 is 0 Å². The average molecular weight is 513 g/mol. The van der Waals surface area contributed by atoms with Crippen molar-refractivity contribution < 1.29 is 4.57 Å². The summed E-state index contributed by atoms with van der Waals surface area (Å²) in [6.45, 7) is 0. The van der Waals surface area contributed by atoms with Crippen LogP contribution in [0, 0.1) is 0 Å². The van der Waals surface area contributed by atoms with Gasteiger partial charge in [-0.15, -0.1) is 0 Å². The predicted octanol–water partition coefficient (Wildman–Crippen LogP) is 5.88. The number of rotatable bonds is 4. The van der Waals surface area contributed by atoms with Crippen LogP contribution >= 0.6 is 0 Å². The average Bonchev–Trinajstić information content (AvgIpc) is 3.04. The molecule has 40 heavy (non-hydrogen) atoms. The number of aromatic nitrogens is 1. The van der Waals surface area contributed by atoms with Gasteiger partial charge < -0.3 is 0 Å². The maximum absolute atomic E-state index is 2.26. The summed E-state index contributed by atoms with van der Waals surface area (Å²) < 4.78 is 2.24. The van der Waals surface area contributed by atoms with Crippen LogP contribution in [-0.4, -0.2) is 6.15 Å². The van der Waals surface area contributed by atoms with Crippen LogP contribution < -0.4 is 26.4 Å². The summed E-state index contributed by atoms with van der Waals surface area (Å²) in [6.07, 6.45) is -1.22. The van der Waals surface area contributed by atoms with Crippen molar-refractivity contribution >= 4 is 49.8 Å². The zero-order valence-corrected chi connectivity index (χ0v) is 22.8. The molecule has 192 valence electrons. The molecule has 0 fully saturated rings. The normalized spacial score (nSPS) is 11.1. The minimum absolute atomic E-state index is 1.22. The molecule has 2 heteroatoms. The smallest absolute Gasteiger partial charge is 0.195 e. The van der Waals surface area contributed by atoms with E-state index in [2.05, 4.69) is 188 Å². The lowest BCUT2D eigenvalue weighted by molar-refractivity contribution is -0.617. The third kappa shape index (κ3) is 4.69. The molecule has 0 saturated heterocycles. The highest BCUT2D eigenvalue weighted by atomic mass is 14.9. The van der Waals surface area contributed by atoms with Crippen LogP contribution in [0.15, 0.2) is 176 Å². The Morgan fingerprint density at radius 1 is 0.350 bits per heavy atom. The maximum Gasteiger partial charge on any atom is 0.212 e. The van der Waals surface area contributed by atoms with Gasteiger partial charge in [-0.2, -0.15) is 26.4 Å². The van der Waals surface area contributed by atoms with Crippen LogP contribution in [0.4, 0.5) is 0 Å². The van der Waals surface area contributed by atoms with E-state index in [0.717, 1.165) is 0 Å². The van der Waals surface area contributed by atoms with Crippen molar-refractivity contribution in [3.05, 3.63) is 176 Å². The molecule has 0 saturated carbocycles. The van der Waals surface area contributed by atoms with E-state index in [-0.39, 0.29) is 0 Å². The molecular weight excluding hydrogens is 481 g/mol. The van der Waals surface area contributed by atoms with Gasteiger partial charge in [-0.25, -0.2) is 0 Å². The van der Waals surface area contributed by atoms with E-state index < -0.39 is 6.15 Å². The van der Waals surface area contributed by atoms with Crippen molar-refractivity contribution in [3.8, 4) is 0 Å². The molecule has 7 aromatic rings. The van der Waals surface area contributed by atoms with Crippen LogP contribution in [0.25, 0.3) is 21.8 Å². The molecule has 1 aromatic heterocycles. The fraction of sp³-hybridized carbons (Fsp3) is 0.0263. The molecule has 1 nitrogen and oxygen atoms in total. The number of nitrogens with zero attached hydrogens (tertiary/aromatic N) is 1. The second kappa shape index (κ2) is 11.4. The Morgan fingerprint density at radius 3 is 0.950 bits per heavy atom. The van der Waals surface area contributed by atoms with Crippen molar-refractivity contribution in [1.82, 2.24) is 0 Å². The Hall–Kier alpha value is -4.95. The summed E-state index contributed by atoms with van der Waals surface area (Å²) >= 11 is 0. The minimum Gasteiger partial charge on any atom is -0.195 e. The lowest BCUT2D eigenvalue weighted by Gasteiger charge is -2.44. The van der Waals surface area contributed by atoms with Gasteiger partial charge in [0.05, 0.1) is 0 Å². The quantitative estimate of drug-likeness (QED) is 0.157. The molecule has 1 heterocycles. The zero-order valence-electron chi connectivity index (χ0n) is 22.8. The largest absolute Gasteiger partial charge is 0.212 e. The van der Waals surface area contributed by atoms with Crippen LogP contribution in [0.2, 0.25) is 0 Å². The summed E-state index contributed by atoms with van der Waals surface area (Å²) in [5.41, 5.74) is 7.90. The maximum atomic E-state index is 2.26. The fourth-order valence-corrected chi connectivity index (χ4v) is 6.25. The van der Waals surface area contributed by atoms with Crippen LogP contribution in [0.5, 0.6) is 0 Å². The monoisotopic (exact) mass is 513 g/mol. The second-order valence-electron chi connectivity index (χ2n) is 10.3. The van der Waals surface area contributed by atoms with E-state index in [1.165, 1.54) is 43.7 Å². The summed E-state index contributed by atoms with van der Waals surface area (Å²) in [5.74, 6) is 0. The van der Waals surface area contributed by atoms with Crippen molar-refractivity contribution in [2.45, 2.75) is 0 Å².